The van der Waals surface area contributed by atoms with E-state index < -0.39 is 21.8 Å². The van der Waals surface area contributed by atoms with Gasteiger partial charge in [0.1, 0.15) is 0 Å². The zero-order chi connectivity index (χ0) is 31.4. The van der Waals surface area contributed by atoms with Crippen LogP contribution in [0.2, 0.25) is 0 Å². The fraction of sp³-hybridized carbons (Fsp3) is 0.588. The van der Waals surface area contributed by atoms with E-state index in [1.165, 1.54) is 132 Å². The molecule has 0 spiro atoms. The van der Waals surface area contributed by atoms with E-state index in [4.69, 9.17) is 5.11 Å². The van der Waals surface area contributed by atoms with Crippen LogP contribution >= 0.6 is 0 Å². The molecule has 0 radical (unpaired) electrons. The smallest absolute Gasteiger partial charge is 0.335 e. The second-order valence-corrected chi connectivity index (χ2v) is 13.7. The van der Waals surface area contributed by atoms with E-state index in [1.807, 2.05) is 0 Å². The number of nitrogens with zero attached hydrogens (tertiary/aromatic N) is 1. The molecule has 0 saturated carbocycles. The summed E-state index contributed by atoms with van der Waals surface area (Å²) in [6.45, 7) is 7.21. The number of rotatable bonds is 20. The highest BCUT2D eigenvalue weighted by Crippen LogP contribution is 2.21. The van der Waals surface area contributed by atoms with Crippen LogP contribution in [0.15, 0.2) is 58.3 Å². The Balaban J connectivity index is 0.000000420. The lowest BCUT2D eigenvalue weighted by atomic mass is 10.0. The van der Waals surface area contributed by atoms with Crippen LogP contribution in [0.25, 0.3) is 0 Å². The lowest BCUT2D eigenvalue weighted by molar-refractivity contribution is -0.888. The zero-order valence-electron chi connectivity index (χ0n) is 26.3. The molecule has 0 amide bonds. The summed E-state index contributed by atoms with van der Waals surface area (Å²) in [7, 11) is 0.869. The van der Waals surface area contributed by atoms with Crippen molar-refractivity contribution >= 4 is 21.8 Å². The van der Waals surface area contributed by atoms with Crippen molar-refractivity contribution in [1.82, 2.24) is 0 Å². The first-order chi connectivity index (χ1) is 19.9. The highest BCUT2D eigenvalue weighted by atomic mass is 32.2. The van der Waals surface area contributed by atoms with Gasteiger partial charge in [0.25, 0.3) is 0 Å². The number of sulfone groups is 1. The normalized spacial score (nSPS) is 11.5. The van der Waals surface area contributed by atoms with Crippen molar-refractivity contribution in [3.63, 3.8) is 0 Å². The maximum atomic E-state index is 12.3. The van der Waals surface area contributed by atoms with E-state index in [2.05, 4.69) is 27.9 Å². The lowest BCUT2D eigenvalue weighted by Crippen LogP contribution is -2.39. The van der Waals surface area contributed by atoms with Crippen LogP contribution in [0, 0.1) is 0 Å². The summed E-state index contributed by atoms with van der Waals surface area (Å²) in [5, 5.41) is 19.4. The van der Waals surface area contributed by atoms with Gasteiger partial charge in [-0.1, -0.05) is 96.1 Å². The molecule has 0 aromatic heterocycles. The second-order valence-electron chi connectivity index (χ2n) is 11.7. The molecule has 0 atom stereocenters. The van der Waals surface area contributed by atoms with E-state index in [0.717, 1.165) is 24.3 Å². The van der Waals surface area contributed by atoms with Crippen LogP contribution in [0.1, 0.15) is 124 Å². The maximum Gasteiger partial charge on any atom is 0.335 e. The number of carboxylic acid groups (broad SMARTS) is 2. The summed E-state index contributed by atoms with van der Waals surface area (Å²) in [4.78, 5) is 21.2. The average molecular weight is 604 g/mol. The Labute approximate surface area is 254 Å². The number of carbonyl (C=O) groups is 2. The predicted octanol–water partition coefficient (Wildman–Crippen LogP) is 7.15. The zero-order valence-corrected chi connectivity index (χ0v) is 27.1. The van der Waals surface area contributed by atoms with Crippen LogP contribution in [-0.2, 0) is 9.84 Å². The van der Waals surface area contributed by atoms with Gasteiger partial charge in [0, 0.05) is 0 Å². The Hall–Kier alpha value is -2.71. The first-order valence-electron chi connectivity index (χ1n) is 15.7. The number of aromatic carboxylic acids is 2. The van der Waals surface area contributed by atoms with E-state index in [9.17, 15) is 23.1 Å². The van der Waals surface area contributed by atoms with E-state index in [1.54, 1.807) is 0 Å². The number of hydrogen-bond donors (Lipinski definition) is 1. The van der Waals surface area contributed by atoms with Gasteiger partial charge in [0.15, 0.2) is 0 Å². The van der Waals surface area contributed by atoms with Crippen molar-refractivity contribution in [1.29, 1.82) is 0 Å². The molecule has 236 valence electrons. The summed E-state index contributed by atoms with van der Waals surface area (Å²) >= 11 is 0. The van der Waals surface area contributed by atoms with Gasteiger partial charge in [-0.15, -0.1) is 0 Å². The Morgan fingerprint density at radius 1 is 0.643 bits per heavy atom. The van der Waals surface area contributed by atoms with Crippen LogP contribution in [0.5, 0.6) is 0 Å². The number of unbranched alkanes of at least 4 members (excludes halogenated alkanes) is 13. The molecule has 2 aromatic rings. The first-order valence-corrected chi connectivity index (χ1v) is 17.1. The molecular weight excluding hydrogens is 550 g/mol. The topological polar surface area (TPSA) is 112 Å². The third-order valence-electron chi connectivity index (χ3n) is 7.78. The Bertz CT molecular complexity index is 1080. The monoisotopic (exact) mass is 603 g/mol. The van der Waals surface area contributed by atoms with Gasteiger partial charge in [-0.3, -0.25) is 0 Å². The van der Waals surface area contributed by atoms with Crippen molar-refractivity contribution in [2.24, 2.45) is 0 Å². The molecule has 0 fully saturated rings. The number of carboxylic acids is 2. The molecule has 0 heterocycles. The van der Waals surface area contributed by atoms with Crippen molar-refractivity contribution < 1.29 is 32.7 Å². The standard InChI is InChI=1S/C20H44N.C14H10O6S/c1-5-7-8-9-10-11-12-13-14-15-16-17-18-19-20-21(3,4)6-2;15-13(16)9-1-5-11(6-2-9)21(19,20)12-7-3-10(4-8-12)14(17)18/h5-20H2,1-4H3;1-8H,(H,15,16)(H,17,18)/q+1;/p-1. The molecular formula is C34H53NO6S. The van der Waals surface area contributed by atoms with Crippen LogP contribution in [-0.4, -0.2) is 57.1 Å². The number of benzene rings is 2. The van der Waals surface area contributed by atoms with Gasteiger partial charge in [0.05, 0.1) is 48.5 Å². The van der Waals surface area contributed by atoms with Gasteiger partial charge in [-0.05, 0) is 61.7 Å². The van der Waals surface area contributed by atoms with Crippen LogP contribution in [0.3, 0.4) is 0 Å². The highest BCUT2D eigenvalue weighted by molar-refractivity contribution is 7.91. The Morgan fingerprint density at radius 2 is 1.00 bits per heavy atom. The fourth-order valence-corrected chi connectivity index (χ4v) is 5.84. The van der Waals surface area contributed by atoms with Crippen molar-refractivity contribution in [2.75, 3.05) is 27.2 Å². The molecule has 2 rings (SSSR count). The minimum atomic E-state index is -3.83. The third-order valence-corrected chi connectivity index (χ3v) is 9.57. The fourth-order valence-electron chi connectivity index (χ4n) is 4.58. The maximum absolute atomic E-state index is 12.3. The van der Waals surface area contributed by atoms with Crippen molar-refractivity contribution in [3.05, 3.63) is 59.7 Å². The quantitative estimate of drug-likeness (QED) is 0.127. The molecule has 0 aliphatic rings. The largest absolute Gasteiger partial charge is 0.545 e. The van der Waals surface area contributed by atoms with Crippen LogP contribution in [0.4, 0.5) is 0 Å². The van der Waals surface area contributed by atoms with Crippen molar-refractivity contribution in [3.8, 4) is 0 Å². The number of quaternary nitrogens is 1. The molecule has 0 bridgehead atoms. The molecule has 8 heteroatoms. The summed E-state index contributed by atoms with van der Waals surface area (Å²) in [6, 6.07) is 9.32. The van der Waals surface area contributed by atoms with Gasteiger partial charge in [-0.25, -0.2) is 13.2 Å². The van der Waals surface area contributed by atoms with Crippen LogP contribution < -0.4 is 5.11 Å². The molecule has 42 heavy (non-hydrogen) atoms. The first kappa shape index (κ1) is 37.3. The Kier molecular flexibility index (Phi) is 18.0. The summed E-state index contributed by atoms with van der Waals surface area (Å²) < 4.78 is 25.8. The van der Waals surface area contributed by atoms with Gasteiger partial charge >= 0.3 is 5.97 Å². The van der Waals surface area contributed by atoms with Gasteiger partial charge in [0.2, 0.25) is 9.84 Å². The van der Waals surface area contributed by atoms with E-state index in [0.29, 0.717) is 0 Å². The minimum Gasteiger partial charge on any atom is -0.545 e. The molecule has 1 N–H and O–H groups in total. The average Bonchev–Trinajstić information content (AvgIpc) is 2.97. The molecule has 0 aliphatic carbocycles. The Morgan fingerprint density at radius 3 is 1.33 bits per heavy atom. The molecule has 2 aromatic carbocycles. The number of carbonyl (C=O) groups excluding carboxylic acids is 1. The number of hydrogen-bond acceptors (Lipinski definition) is 5. The summed E-state index contributed by atoms with van der Waals surface area (Å²) in [5.74, 6) is -2.55. The molecule has 0 unspecified atom stereocenters. The predicted molar refractivity (Wildman–Crippen MR) is 167 cm³/mol. The second kappa shape index (κ2) is 20.2. The van der Waals surface area contributed by atoms with Gasteiger partial charge < -0.3 is 19.5 Å². The minimum absolute atomic E-state index is 0.0266. The third kappa shape index (κ3) is 15.0. The molecule has 7 nitrogen and oxygen atoms in total. The van der Waals surface area contributed by atoms with E-state index in [-0.39, 0.29) is 20.9 Å². The SMILES string of the molecule is CCCCCCCCCCCCCCCC[N+](C)(C)CC.O=C([O-])c1ccc(S(=O)(=O)c2ccc(C(=O)O)cc2)cc1. The van der Waals surface area contributed by atoms with E-state index >= 15 is 0 Å². The summed E-state index contributed by atoms with van der Waals surface area (Å²) in [6.07, 6.45) is 20.4. The van der Waals surface area contributed by atoms with Crippen molar-refractivity contribution in [2.45, 2.75) is 114 Å². The van der Waals surface area contributed by atoms with Gasteiger partial charge in [-0.2, -0.15) is 0 Å². The highest BCUT2D eigenvalue weighted by Gasteiger charge is 2.18. The molecule has 0 saturated heterocycles. The molecule has 0 aliphatic heterocycles. The lowest BCUT2D eigenvalue weighted by Gasteiger charge is -2.28. The summed E-state index contributed by atoms with van der Waals surface area (Å²) in [5.41, 5.74) is -0.156.